The minimum absolute atomic E-state index is 0.00491. The minimum Gasteiger partial charge on any atom is -0.495 e. The lowest BCUT2D eigenvalue weighted by Gasteiger charge is -2.10. The second-order valence-electron chi connectivity index (χ2n) is 3.34. The summed E-state index contributed by atoms with van der Waals surface area (Å²) in [6.45, 7) is 0.156. The second-order valence-corrected chi connectivity index (χ2v) is 3.34. The van der Waals surface area contributed by atoms with Crippen molar-refractivity contribution < 1.29 is 19.1 Å². The quantitative estimate of drug-likeness (QED) is 0.508. The maximum absolute atomic E-state index is 11.8. The van der Waals surface area contributed by atoms with Gasteiger partial charge >= 0.3 is 6.09 Å². The number of benzene rings is 1. The van der Waals surface area contributed by atoms with Gasteiger partial charge in [-0.2, -0.15) is 0 Å². The maximum Gasteiger partial charge on any atom is 0.404 e. The van der Waals surface area contributed by atoms with Crippen molar-refractivity contribution >= 4 is 17.7 Å². The second kappa shape index (κ2) is 6.33. The van der Waals surface area contributed by atoms with E-state index in [1.165, 1.54) is 7.11 Å². The molecule has 1 rings (SSSR count). The van der Waals surface area contributed by atoms with Crippen molar-refractivity contribution in [3.05, 3.63) is 23.8 Å². The van der Waals surface area contributed by atoms with E-state index in [1.807, 2.05) is 0 Å². The number of hydrogen-bond donors (Lipinski definition) is 3. The first-order chi connectivity index (χ1) is 8.56. The highest BCUT2D eigenvalue weighted by Crippen LogP contribution is 2.24. The van der Waals surface area contributed by atoms with Gasteiger partial charge in [-0.3, -0.25) is 4.79 Å². The number of nitrogens with one attached hydrogen (secondary N) is 1. The van der Waals surface area contributed by atoms with Crippen molar-refractivity contribution in [3.63, 3.8) is 0 Å². The van der Waals surface area contributed by atoms with Crippen molar-refractivity contribution in [2.75, 3.05) is 26.0 Å². The molecular formula is C11H15N3O4. The van der Waals surface area contributed by atoms with E-state index in [2.05, 4.69) is 10.1 Å². The van der Waals surface area contributed by atoms with Crippen LogP contribution in [0.15, 0.2) is 18.2 Å². The Labute approximate surface area is 104 Å². The van der Waals surface area contributed by atoms with Crippen LogP contribution in [0.1, 0.15) is 10.4 Å². The highest BCUT2D eigenvalue weighted by Gasteiger charge is 2.12. The number of nitrogens with two attached hydrogens (primary N) is 2. The first kappa shape index (κ1) is 13.6. The molecule has 0 aliphatic carbocycles. The number of nitrogen functional groups attached to an aromatic ring is 1. The van der Waals surface area contributed by atoms with Crippen LogP contribution in [0.5, 0.6) is 5.75 Å². The van der Waals surface area contributed by atoms with Crippen molar-refractivity contribution in [2.45, 2.75) is 0 Å². The van der Waals surface area contributed by atoms with Crippen LogP contribution >= 0.6 is 0 Å². The molecule has 7 nitrogen and oxygen atoms in total. The SMILES string of the molecule is COc1cccc(C(=O)NCCOC(N)=O)c1N. The monoisotopic (exact) mass is 253 g/mol. The average Bonchev–Trinajstić information content (AvgIpc) is 2.34. The van der Waals surface area contributed by atoms with E-state index < -0.39 is 6.09 Å². The predicted octanol–water partition coefficient (Wildman–Crippen LogP) is 0.102. The Hall–Kier alpha value is -2.44. The lowest BCUT2D eigenvalue weighted by Crippen LogP contribution is -2.29. The van der Waals surface area contributed by atoms with Crippen LogP contribution in [-0.4, -0.2) is 32.3 Å². The van der Waals surface area contributed by atoms with E-state index in [-0.39, 0.29) is 24.7 Å². The summed E-state index contributed by atoms with van der Waals surface area (Å²) in [6, 6.07) is 4.88. The summed E-state index contributed by atoms with van der Waals surface area (Å²) in [5.74, 6) is 0.0514. The zero-order valence-corrected chi connectivity index (χ0v) is 9.93. The summed E-state index contributed by atoms with van der Waals surface area (Å²) >= 11 is 0. The fraction of sp³-hybridized carbons (Fsp3) is 0.273. The third kappa shape index (κ3) is 3.55. The molecule has 0 spiro atoms. The molecule has 1 aromatic rings. The molecule has 0 unspecified atom stereocenters. The molecule has 98 valence electrons. The van der Waals surface area contributed by atoms with Gasteiger partial charge in [0.15, 0.2) is 0 Å². The van der Waals surface area contributed by atoms with Crippen LogP contribution in [0.4, 0.5) is 10.5 Å². The largest absolute Gasteiger partial charge is 0.495 e. The predicted molar refractivity (Wildman–Crippen MR) is 65.3 cm³/mol. The van der Waals surface area contributed by atoms with Crippen LogP contribution in [0.25, 0.3) is 0 Å². The fourth-order valence-electron chi connectivity index (χ4n) is 1.33. The number of methoxy groups -OCH3 is 1. The van der Waals surface area contributed by atoms with Crippen LogP contribution in [0, 0.1) is 0 Å². The topological polar surface area (TPSA) is 117 Å². The highest BCUT2D eigenvalue weighted by atomic mass is 16.5. The van der Waals surface area contributed by atoms with E-state index >= 15 is 0 Å². The van der Waals surface area contributed by atoms with E-state index in [0.29, 0.717) is 11.3 Å². The summed E-state index contributed by atoms with van der Waals surface area (Å²) in [6.07, 6.45) is -0.884. The number of anilines is 1. The molecule has 1 aromatic carbocycles. The van der Waals surface area contributed by atoms with Gasteiger partial charge in [0.1, 0.15) is 12.4 Å². The molecule has 0 radical (unpaired) electrons. The molecule has 0 aromatic heterocycles. The van der Waals surface area contributed by atoms with Gasteiger partial charge in [0.2, 0.25) is 0 Å². The number of para-hydroxylation sites is 1. The third-order valence-electron chi connectivity index (χ3n) is 2.16. The van der Waals surface area contributed by atoms with E-state index in [1.54, 1.807) is 18.2 Å². The number of carbonyl (C=O) groups excluding carboxylic acids is 2. The first-order valence-corrected chi connectivity index (χ1v) is 5.19. The zero-order chi connectivity index (χ0) is 13.5. The Balaban J connectivity index is 2.59. The Morgan fingerprint density at radius 3 is 2.72 bits per heavy atom. The minimum atomic E-state index is -0.884. The van der Waals surface area contributed by atoms with Gasteiger partial charge in [0.05, 0.1) is 24.9 Å². The number of rotatable bonds is 5. The van der Waals surface area contributed by atoms with Crippen LogP contribution in [0.2, 0.25) is 0 Å². The standard InChI is InChI=1S/C11H15N3O4/c1-17-8-4-2-3-7(9(8)12)10(15)14-5-6-18-11(13)16/h2-4H,5-6,12H2,1H3,(H2,13,16)(H,14,15). The number of primary amides is 1. The molecule has 0 aliphatic rings. The number of hydrogen-bond acceptors (Lipinski definition) is 5. The van der Waals surface area contributed by atoms with E-state index in [0.717, 1.165) is 0 Å². The Kier molecular flexibility index (Phi) is 4.79. The summed E-state index contributed by atoms with van der Waals surface area (Å²) in [4.78, 5) is 22.1. The Bertz CT molecular complexity index is 448. The van der Waals surface area contributed by atoms with Gasteiger partial charge in [0, 0.05) is 0 Å². The van der Waals surface area contributed by atoms with Gasteiger partial charge in [-0.25, -0.2) is 4.79 Å². The molecular weight excluding hydrogens is 238 g/mol. The zero-order valence-electron chi connectivity index (χ0n) is 9.93. The molecule has 2 amide bonds. The molecule has 0 heterocycles. The number of carbonyl (C=O) groups is 2. The molecule has 0 fully saturated rings. The van der Waals surface area contributed by atoms with Crippen molar-refractivity contribution in [1.29, 1.82) is 0 Å². The van der Waals surface area contributed by atoms with Crippen LogP contribution in [-0.2, 0) is 4.74 Å². The van der Waals surface area contributed by atoms with Gasteiger partial charge in [-0.1, -0.05) is 6.07 Å². The molecule has 5 N–H and O–H groups in total. The van der Waals surface area contributed by atoms with E-state index in [9.17, 15) is 9.59 Å². The average molecular weight is 253 g/mol. The van der Waals surface area contributed by atoms with Crippen molar-refractivity contribution in [3.8, 4) is 5.75 Å². The Morgan fingerprint density at radius 2 is 2.11 bits per heavy atom. The first-order valence-electron chi connectivity index (χ1n) is 5.19. The fourth-order valence-corrected chi connectivity index (χ4v) is 1.33. The van der Waals surface area contributed by atoms with Crippen molar-refractivity contribution in [2.24, 2.45) is 5.73 Å². The lowest BCUT2D eigenvalue weighted by molar-refractivity contribution is 0.0937. The molecule has 18 heavy (non-hydrogen) atoms. The highest BCUT2D eigenvalue weighted by molar-refractivity contribution is 6.00. The molecule has 0 atom stereocenters. The number of amides is 2. The number of ether oxygens (including phenoxy) is 2. The van der Waals surface area contributed by atoms with Gasteiger partial charge in [0.25, 0.3) is 5.91 Å². The summed E-state index contributed by atoms with van der Waals surface area (Å²) in [5.41, 5.74) is 11.1. The van der Waals surface area contributed by atoms with Crippen LogP contribution in [0.3, 0.4) is 0 Å². The van der Waals surface area contributed by atoms with Gasteiger partial charge in [-0.15, -0.1) is 0 Å². The van der Waals surface area contributed by atoms with Gasteiger partial charge < -0.3 is 26.3 Å². The molecule has 0 bridgehead atoms. The summed E-state index contributed by atoms with van der Waals surface area (Å²) in [5, 5.41) is 2.54. The third-order valence-corrected chi connectivity index (χ3v) is 2.16. The summed E-state index contributed by atoms with van der Waals surface area (Å²) < 4.78 is 9.47. The van der Waals surface area contributed by atoms with Crippen LogP contribution < -0.4 is 21.5 Å². The molecule has 0 aliphatic heterocycles. The molecule has 0 saturated heterocycles. The smallest absolute Gasteiger partial charge is 0.404 e. The van der Waals surface area contributed by atoms with Gasteiger partial charge in [-0.05, 0) is 12.1 Å². The Morgan fingerprint density at radius 1 is 1.39 bits per heavy atom. The normalized spacial score (nSPS) is 9.61. The molecule has 0 saturated carbocycles. The van der Waals surface area contributed by atoms with E-state index in [4.69, 9.17) is 16.2 Å². The van der Waals surface area contributed by atoms with Crippen molar-refractivity contribution in [1.82, 2.24) is 5.32 Å². The molecule has 7 heteroatoms. The maximum atomic E-state index is 11.8. The lowest BCUT2D eigenvalue weighted by atomic mass is 10.1. The summed E-state index contributed by atoms with van der Waals surface area (Å²) in [7, 11) is 1.47.